The first-order valence-corrected chi connectivity index (χ1v) is 11.1. The van der Waals surface area contributed by atoms with E-state index in [1.54, 1.807) is 0 Å². The Morgan fingerprint density at radius 1 is 1.07 bits per heavy atom. The summed E-state index contributed by atoms with van der Waals surface area (Å²) in [4.78, 5) is 2.47. The fourth-order valence-corrected chi connectivity index (χ4v) is 4.14. The van der Waals surface area contributed by atoms with E-state index in [0.29, 0.717) is 5.92 Å². The maximum Gasteiger partial charge on any atom is 0.0460 e. The van der Waals surface area contributed by atoms with Crippen LogP contribution in [0.5, 0.6) is 0 Å². The lowest BCUT2D eigenvalue weighted by Gasteiger charge is -2.29. The van der Waals surface area contributed by atoms with Crippen molar-refractivity contribution in [2.24, 2.45) is 0 Å². The molecule has 0 saturated carbocycles. The molecule has 0 aromatic heterocycles. The molecule has 0 N–H and O–H groups in total. The molecule has 1 atom stereocenters. The average molecular weight is 386 g/mol. The summed E-state index contributed by atoms with van der Waals surface area (Å²) in [6, 6.07) is 15.7. The van der Waals surface area contributed by atoms with Gasteiger partial charge in [-0.05, 0) is 85.9 Å². The predicted octanol–water partition coefficient (Wildman–Crippen LogP) is 8.00. The third kappa shape index (κ3) is 4.90. The van der Waals surface area contributed by atoms with Gasteiger partial charge >= 0.3 is 0 Å². The van der Waals surface area contributed by atoms with Gasteiger partial charge in [0.05, 0.1) is 0 Å². The highest BCUT2D eigenvalue weighted by Crippen LogP contribution is 2.32. The van der Waals surface area contributed by atoms with E-state index >= 15 is 0 Å². The maximum atomic E-state index is 2.47. The minimum atomic E-state index is 0.517. The number of aryl methyl sites for hydroxylation is 2. The van der Waals surface area contributed by atoms with Crippen LogP contribution in [0, 0.1) is 13.8 Å². The highest BCUT2D eigenvalue weighted by molar-refractivity contribution is 5.62. The molecule has 0 radical (unpaired) electrons. The van der Waals surface area contributed by atoms with Crippen LogP contribution in [-0.4, -0.2) is 0 Å². The highest BCUT2D eigenvalue weighted by Gasteiger charge is 2.17. The van der Waals surface area contributed by atoms with Gasteiger partial charge in [-0.3, -0.25) is 0 Å². The summed E-state index contributed by atoms with van der Waals surface area (Å²) < 4.78 is 0. The number of benzene rings is 2. The Labute approximate surface area is 177 Å². The van der Waals surface area contributed by atoms with E-state index in [9.17, 15) is 0 Å². The average Bonchev–Trinajstić information content (AvgIpc) is 2.80. The molecule has 0 heterocycles. The van der Waals surface area contributed by atoms with Crippen molar-refractivity contribution >= 4 is 5.69 Å². The number of hydrogen-bond donors (Lipinski definition) is 0. The lowest BCUT2D eigenvalue weighted by atomic mass is 9.92. The molecule has 3 rings (SSSR count). The molecule has 0 spiro atoms. The van der Waals surface area contributed by atoms with Gasteiger partial charge < -0.3 is 4.90 Å². The molecule has 2 aromatic rings. The second kappa shape index (κ2) is 9.78. The van der Waals surface area contributed by atoms with E-state index in [0.717, 1.165) is 25.7 Å². The van der Waals surface area contributed by atoms with E-state index in [-0.39, 0.29) is 0 Å². The topological polar surface area (TPSA) is 3.24 Å². The van der Waals surface area contributed by atoms with Crippen LogP contribution in [0.4, 0.5) is 5.69 Å². The van der Waals surface area contributed by atoms with Crippen molar-refractivity contribution in [3.63, 3.8) is 0 Å². The second-order valence-electron chi connectivity index (χ2n) is 8.13. The monoisotopic (exact) mass is 385 g/mol. The van der Waals surface area contributed by atoms with Gasteiger partial charge in [0.15, 0.2) is 0 Å². The minimum Gasteiger partial charge on any atom is -0.315 e. The van der Waals surface area contributed by atoms with Gasteiger partial charge in [-0.1, -0.05) is 69.3 Å². The molecule has 29 heavy (non-hydrogen) atoms. The van der Waals surface area contributed by atoms with Gasteiger partial charge in [-0.2, -0.15) is 0 Å². The first-order chi connectivity index (χ1) is 14.0. The largest absolute Gasteiger partial charge is 0.315 e. The first kappa shape index (κ1) is 21.2. The van der Waals surface area contributed by atoms with Crippen LogP contribution in [0.25, 0.3) is 0 Å². The van der Waals surface area contributed by atoms with Gasteiger partial charge in [0, 0.05) is 17.1 Å². The maximum absolute atomic E-state index is 2.47. The van der Waals surface area contributed by atoms with Crippen LogP contribution in [0.15, 0.2) is 78.2 Å². The Hall–Kier alpha value is -2.54. The summed E-state index contributed by atoms with van der Waals surface area (Å²) in [5.41, 5.74) is 9.53. The Balaban J connectivity index is 2.07. The molecule has 0 aliphatic heterocycles. The standard InChI is InChI=1S/C28H35N/c1-6-11-25(7-2)29(27-19-16-21(3)23(5)20-27)26-14-10-13-24-12-8-9-15-28(24)22(4)17-18-26/h8-12,14-16,18-20,22H,6-7,13,17H2,1-5H3/b14-10-,25-11+,26-18+. The molecule has 0 fully saturated rings. The van der Waals surface area contributed by atoms with Crippen molar-refractivity contribution in [1.82, 2.24) is 0 Å². The van der Waals surface area contributed by atoms with Crippen molar-refractivity contribution in [1.29, 1.82) is 0 Å². The van der Waals surface area contributed by atoms with E-state index in [2.05, 4.69) is 106 Å². The quantitative estimate of drug-likeness (QED) is 0.504. The first-order valence-electron chi connectivity index (χ1n) is 11.1. The molecule has 1 heteroatoms. The number of nitrogens with zero attached hydrogens (tertiary/aromatic N) is 1. The summed E-state index contributed by atoms with van der Waals surface area (Å²) in [6.45, 7) is 11.2. The van der Waals surface area contributed by atoms with Gasteiger partial charge in [0.25, 0.3) is 0 Å². The lowest BCUT2D eigenvalue weighted by Crippen LogP contribution is -2.21. The zero-order valence-electron chi connectivity index (χ0n) is 18.7. The second-order valence-corrected chi connectivity index (χ2v) is 8.13. The molecule has 1 aliphatic carbocycles. The van der Waals surface area contributed by atoms with Crippen LogP contribution in [0.1, 0.15) is 68.2 Å². The fourth-order valence-electron chi connectivity index (χ4n) is 4.14. The molecule has 1 nitrogen and oxygen atoms in total. The Morgan fingerprint density at radius 3 is 2.59 bits per heavy atom. The number of rotatable bonds is 5. The van der Waals surface area contributed by atoms with E-state index in [4.69, 9.17) is 0 Å². The SMILES string of the molecule is CC/C=C(\CC)N(C1=C/CC(C)c2ccccc2C/C=C\1)c1ccc(C)c(C)c1. The van der Waals surface area contributed by atoms with Gasteiger partial charge in [0.1, 0.15) is 0 Å². The van der Waals surface area contributed by atoms with Crippen molar-refractivity contribution in [2.45, 2.75) is 66.2 Å². The molecule has 0 saturated heterocycles. The molecule has 152 valence electrons. The van der Waals surface area contributed by atoms with Crippen molar-refractivity contribution in [2.75, 3.05) is 4.90 Å². The molecule has 0 bridgehead atoms. The summed E-state index contributed by atoms with van der Waals surface area (Å²) in [7, 11) is 0. The van der Waals surface area contributed by atoms with Crippen LogP contribution >= 0.6 is 0 Å². The van der Waals surface area contributed by atoms with E-state index in [1.807, 2.05) is 0 Å². The Morgan fingerprint density at radius 2 is 1.86 bits per heavy atom. The van der Waals surface area contributed by atoms with Crippen molar-refractivity contribution in [3.05, 3.63) is 100 Å². The molecular formula is C28H35N. The van der Waals surface area contributed by atoms with Gasteiger partial charge in [-0.25, -0.2) is 0 Å². The van der Waals surface area contributed by atoms with Gasteiger partial charge in [0.2, 0.25) is 0 Å². The van der Waals surface area contributed by atoms with Crippen molar-refractivity contribution < 1.29 is 0 Å². The zero-order valence-corrected chi connectivity index (χ0v) is 18.7. The Bertz CT molecular complexity index is 929. The third-order valence-electron chi connectivity index (χ3n) is 5.99. The van der Waals surface area contributed by atoms with Gasteiger partial charge in [-0.15, -0.1) is 0 Å². The third-order valence-corrected chi connectivity index (χ3v) is 5.99. The lowest BCUT2D eigenvalue weighted by molar-refractivity contribution is 0.767. The number of hydrogen-bond acceptors (Lipinski definition) is 1. The number of allylic oxidation sites excluding steroid dienone is 5. The molecule has 1 unspecified atom stereocenters. The summed E-state index contributed by atoms with van der Waals surface area (Å²) in [5.74, 6) is 0.517. The summed E-state index contributed by atoms with van der Waals surface area (Å²) in [5, 5.41) is 0. The Kier molecular flexibility index (Phi) is 7.14. The molecule has 1 aliphatic rings. The smallest absolute Gasteiger partial charge is 0.0460 e. The molecule has 0 amide bonds. The van der Waals surface area contributed by atoms with E-state index in [1.165, 1.54) is 39.3 Å². The number of anilines is 1. The minimum absolute atomic E-state index is 0.517. The number of fused-ring (bicyclic) bond motifs is 1. The fraction of sp³-hybridized carbons (Fsp3) is 0.357. The summed E-state index contributed by atoms with van der Waals surface area (Å²) in [6.07, 6.45) is 13.5. The molecule has 2 aromatic carbocycles. The van der Waals surface area contributed by atoms with Crippen LogP contribution < -0.4 is 4.90 Å². The highest BCUT2D eigenvalue weighted by atomic mass is 15.2. The predicted molar refractivity (Wildman–Crippen MR) is 127 cm³/mol. The van der Waals surface area contributed by atoms with Crippen LogP contribution in [0.2, 0.25) is 0 Å². The zero-order chi connectivity index (χ0) is 20.8. The van der Waals surface area contributed by atoms with Crippen molar-refractivity contribution in [3.8, 4) is 0 Å². The summed E-state index contributed by atoms with van der Waals surface area (Å²) >= 11 is 0. The molecular weight excluding hydrogens is 350 g/mol. The van der Waals surface area contributed by atoms with Crippen LogP contribution in [0.3, 0.4) is 0 Å². The van der Waals surface area contributed by atoms with E-state index < -0.39 is 0 Å². The normalized spacial score (nSPS) is 20.0. The van der Waals surface area contributed by atoms with Crippen LogP contribution in [-0.2, 0) is 6.42 Å².